The molecule has 7 nitrogen and oxygen atoms in total. The molecule has 1 saturated heterocycles. The third-order valence-electron chi connectivity index (χ3n) is 6.35. The molecule has 1 aromatic carbocycles. The van der Waals surface area contributed by atoms with E-state index < -0.39 is 5.97 Å². The van der Waals surface area contributed by atoms with Crippen LogP contribution in [0.1, 0.15) is 61.1 Å². The topological polar surface area (TPSA) is 86.9 Å². The van der Waals surface area contributed by atoms with Crippen molar-refractivity contribution in [3.05, 3.63) is 69.6 Å². The van der Waals surface area contributed by atoms with Crippen molar-refractivity contribution in [3.8, 4) is 0 Å². The molecule has 4 rings (SSSR count). The predicted octanol–water partition coefficient (Wildman–Crippen LogP) is 4.50. The summed E-state index contributed by atoms with van der Waals surface area (Å²) in [6, 6.07) is 10.2. The van der Waals surface area contributed by atoms with Crippen LogP contribution in [0.15, 0.2) is 47.4 Å². The number of benzene rings is 1. The van der Waals surface area contributed by atoms with Crippen LogP contribution in [0.2, 0.25) is 0 Å². The number of aryl methyl sites for hydroxylation is 1. The molecule has 1 atom stereocenters. The number of para-hydroxylation sites is 1. The van der Waals surface area contributed by atoms with E-state index in [2.05, 4.69) is 24.1 Å². The highest BCUT2D eigenvalue weighted by molar-refractivity contribution is 5.94. The van der Waals surface area contributed by atoms with Crippen LogP contribution in [-0.4, -0.2) is 33.6 Å². The Kier molecular flexibility index (Phi) is 5.67. The Morgan fingerprint density at radius 1 is 1.19 bits per heavy atom. The third-order valence-corrected chi connectivity index (χ3v) is 6.35. The number of pyridine rings is 1. The van der Waals surface area contributed by atoms with Gasteiger partial charge in [-0.15, -0.1) is 0 Å². The molecule has 3 aromatic rings. The van der Waals surface area contributed by atoms with Crippen molar-refractivity contribution in [2.75, 3.05) is 23.3 Å². The number of hydrogen-bond donors (Lipinski definition) is 2. The minimum atomic E-state index is -0.987. The van der Waals surface area contributed by atoms with Crippen molar-refractivity contribution in [3.63, 3.8) is 0 Å². The quantitative estimate of drug-likeness (QED) is 0.615. The predicted molar refractivity (Wildman–Crippen MR) is 127 cm³/mol. The van der Waals surface area contributed by atoms with E-state index in [1.165, 1.54) is 0 Å². The standard InChI is InChI=1S/C25H30N4O3/c1-16-13-19(17(2)26-20-8-6-5-7-18(20)24(31)32)23-27-21(14-22(30)29(23)15-16)28-11-9-25(3,4)10-12-28/h5-8,13-15,17,26H,9-12H2,1-4H3,(H,31,32)/t17-/m1/s1. The van der Waals surface area contributed by atoms with Gasteiger partial charge in [0.05, 0.1) is 11.6 Å². The molecule has 168 valence electrons. The van der Waals surface area contributed by atoms with Crippen molar-refractivity contribution in [2.45, 2.75) is 46.6 Å². The Morgan fingerprint density at radius 2 is 1.88 bits per heavy atom. The van der Waals surface area contributed by atoms with E-state index in [1.807, 2.05) is 19.9 Å². The second-order valence-corrected chi connectivity index (χ2v) is 9.49. The molecule has 0 radical (unpaired) electrons. The van der Waals surface area contributed by atoms with Gasteiger partial charge in [-0.05, 0) is 55.9 Å². The van der Waals surface area contributed by atoms with Crippen molar-refractivity contribution in [1.82, 2.24) is 9.38 Å². The fraction of sp³-hybridized carbons (Fsp3) is 0.400. The van der Waals surface area contributed by atoms with Gasteiger partial charge >= 0.3 is 5.97 Å². The lowest BCUT2D eigenvalue weighted by molar-refractivity contribution is 0.0698. The largest absolute Gasteiger partial charge is 0.478 e. The van der Waals surface area contributed by atoms with Crippen LogP contribution in [0.25, 0.3) is 5.65 Å². The summed E-state index contributed by atoms with van der Waals surface area (Å²) < 4.78 is 1.59. The van der Waals surface area contributed by atoms with E-state index in [0.29, 0.717) is 22.6 Å². The summed E-state index contributed by atoms with van der Waals surface area (Å²) in [5, 5.41) is 12.8. The van der Waals surface area contributed by atoms with Gasteiger partial charge in [-0.3, -0.25) is 9.20 Å². The van der Waals surface area contributed by atoms with Crippen LogP contribution in [0.4, 0.5) is 11.5 Å². The highest BCUT2D eigenvalue weighted by atomic mass is 16.4. The van der Waals surface area contributed by atoms with E-state index in [1.54, 1.807) is 40.9 Å². The molecular formula is C25H30N4O3. The maximum atomic E-state index is 13.0. The van der Waals surface area contributed by atoms with Gasteiger partial charge in [0.2, 0.25) is 0 Å². The van der Waals surface area contributed by atoms with Gasteiger partial charge in [-0.1, -0.05) is 26.0 Å². The highest BCUT2D eigenvalue weighted by Gasteiger charge is 2.27. The second kappa shape index (κ2) is 8.30. The molecule has 1 fully saturated rings. The minimum absolute atomic E-state index is 0.113. The first-order valence-corrected chi connectivity index (χ1v) is 11.0. The SMILES string of the molecule is Cc1cc([C@@H](C)Nc2ccccc2C(=O)O)c2nc(N3CCC(C)(C)CC3)cc(=O)n2c1. The molecule has 0 aliphatic carbocycles. The number of rotatable bonds is 5. The summed E-state index contributed by atoms with van der Waals surface area (Å²) in [5.74, 6) is -0.284. The lowest BCUT2D eigenvalue weighted by Gasteiger charge is -2.37. The molecule has 2 aromatic heterocycles. The van der Waals surface area contributed by atoms with E-state index in [9.17, 15) is 14.7 Å². The number of fused-ring (bicyclic) bond motifs is 1. The van der Waals surface area contributed by atoms with E-state index in [4.69, 9.17) is 4.98 Å². The van der Waals surface area contributed by atoms with E-state index in [0.717, 1.165) is 37.1 Å². The normalized spacial score (nSPS) is 16.7. The number of carbonyl (C=O) groups is 1. The molecule has 32 heavy (non-hydrogen) atoms. The van der Waals surface area contributed by atoms with Crippen molar-refractivity contribution in [1.29, 1.82) is 0 Å². The number of piperidine rings is 1. The van der Waals surface area contributed by atoms with Crippen LogP contribution in [-0.2, 0) is 0 Å². The number of aromatic carboxylic acids is 1. The smallest absolute Gasteiger partial charge is 0.337 e. The fourth-order valence-electron chi connectivity index (χ4n) is 4.29. The van der Waals surface area contributed by atoms with E-state index >= 15 is 0 Å². The summed E-state index contributed by atoms with van der Waals surface area (Å²) in [4.78, 5) is 31.7. The molecule has 0 spiro atoms. The Hall–Kier alpha value is -3.35. The Morgan fingerprint density at radius 3 is 2.56 bits per heavy atom. The second-order valence-electron chi connectivity index (χ2n) is 9.49. The maximum Gasteiger partial charge on any atom is 0.337 e. The lowest BCUT2D eigenvalue weighted by Crippen LogP contribution is -2.38. The Balaban J connectivity index is 1.75. The molecule has 1 aliphatic rings. The zero-order chi connectivity index (χ0) is 23.0. The van der Waals surface area contributed by atoms with Gasteiger partial charge in [-0.25, -0.2) is 9.78 Å². The molecule has 1 aliphatic heterocycles. The summed E-state index contributed by atoms with van der Waals surface area (Å²) in [7, 11) is 0. The Bertz CT molecular complexity index is 1220. The molecule has 0 amide bonds. The Labute approximate surface area is 187 Å². The number of nitrogens with one attached hydrogen (secondary N) is 1. The number of aromatic nitrogens is 2. The molecule has 0 bridgehead atoms. The van der Waals surface area contributed by atoms with Gasteiger partial charge in [0.15, 0.2) is 0 Å². The van der Waals surface area contributed by atoms with Crippen LogP contribution in [0.3, 0.4) is 0 Å². The van der Waals surface area contributed by atoms with Gasteiger partial charge in [0.25, 0.3) is 5.56 Å². The molecule has 7 heteroatoms. The average Bonchev–Trinajstić information content (AvgIpc) is 2.74. The minimum Gasteiger partial charge on any atom is -0.478 e. The zero-order valence-corrected chi connectivity index (χ0v) is 19.1. The van der Waals surface area contributed by atoms with Crippen molar-refractivity contribution >= 4 is 23.1 Å². The van der Waals surface area contributed by atoms with Crippen molar-refractivity contribution in [2.24, 2.45) is 5.41 Å². The molecule has 2 N–H and O–H groups in total. The summed E-state index contributed by atoms with van der Waals surface area (Å²) in [6.07, 6.45) is 3.91. The molecule has 0 unspecified atom stereocenters. The maximum absolute atomic E-state index is 13.0. The lowest BCUT2D eigenvalue weighted by atomic mass is 9.83. The molecule has 3 heterocycles. The summed E-state index contributed by atoms with van der Waals surface area (Å²) in [6.45, 7) is 10.2. The number of carboxylic acid groups (broad SMARTS) is 1. The third kappa shape index (κ3) is 4.33. The van der Waals surface area contributed by atoms with Gasteiger partial charge in [0, 0.05) is 36.6 Å². The summed E-state index contributed by atoms with van der Waals surface area (Å²) >= 11 is 0. The number of nitrogens with zero attached hydrogens (tertiary/aromatic N) is 3. The van der Waals surface area contributed by atoms with E-state index in [-0.39, 0.29) is 17.2 Å². The van der Waals surface area contributed by atoms with Gasteiger partial charge in [-0.2, -0.15) is 0 Å². The molecular weight excluding hydrogens is 404 g/mol. The fourth-order valence-corrected chi connectivity index (χ4v) is 4.29. The first kappa shape index (κ1) is 21.9. The first-order chi connectivity index (χ1) is 15.1. The van der Waals surface area contributed by atoms with Crippen LogP contribution < -0.4 is 15.8 Å². The first-order valence-electron chi connectivity index (χ1n) is 11.0. The van der Waals surface area contributed by atoms with Gasteiger partial charge in [0.1, 0.15) is 11.5 Å². The number of carboxylic acids is 1. The summed E-state index contributed by atoms with van der Waals surface area (Å²) in [5.41, 5.74) is 3.31. The van der Waals surface area contributed by atoms with Crippen molar-refractivity contribution < 1.29 is 9.90 Å². The average molecular weight is 435 g/mol. The highest BCUT2D eigenvalue weighted by Crippen LogP contribution is 2.32. The van der Waals surface area contributed by atoms with Crippen LogP contribution >= 0.6 is 0 Å². The zero-order valence-electron chi connectivity index (χ0n) is 19.1. The van der Waals surface area contributed by atoms with Crippen LogP contribution in [0.5, 0.6) is 0 Å². The number of hydrogen-bond acceptors (Lipinski definition) is 5. The monoisotopic (exact) mass is 434 g/mol. The molecule has 0 saturated carbocycles. The number of anilines is 2. The van der Waals surface area contributed by atoms with Gasteiger partial charge < -0.3 is 15.3 Å². The van der Waals surface area contributed by atoms with Crippen LogP contribution in [0, 0.1) is 12.3 Å².